The lowest BCUT2D eigenvalue weighted by Crippen LogP contribution is -2.50. The Hall–Kier alpha value is -1.13. The summed E-state index contributed by atoms with van der Waals surface area (Å²) in [6.07, 6.45) is 0. The molecular weight excluding hydrogens is 241 g/mol. The molecule has 0 radical (unpaired) electrons. The Balaban J connectivity index is 2.21. The van der Waals surface area contributed by atoms with E-state index in [1.165, 1.54) is 0 Å². The fourth-order valence-corrected chi connectivity index (χ4v) is 2.69. The van der Waals surface area contributed by atoms with Crippen LogP contribution in [0.15, 0.2) is 18.2 Å². The molecule has 0 amide bonds. The molecule has 1 aromatic carbocycles. The second-order valence-corrected chi connectivity index (χ2v) is 5.53. The van der Waals surface area contributed by atoms with Gasteiger partial charge < -0.3 is 15.1 Å². The minimum absolute atomic E-state index is 0.115. The average Bonchev–Trinajstić information content (AvgIpc) is 2.38. The van der Waals surface area contributed by atoms with Crippen LogP contribution in [0.2, 0.25) is 0 Å². The van der Waals surface area contributed by atoms with Crippen LogP contribution in [-0.2, 0) is 0 Å². The van der Waals surface area contributed by atoms with Crippen molar-refractivity contribution in [3.05, 3.63) is 29.6 Å². The molecule has 3 nitrogen and oxygen atoms in total. The number of nitrogens with one attached hydrogen (secondary N) is 1. The van der Waals surface area contributed by atoms with Crippen molar-refractivity contribution >= 4 is 5.69 Å². The van der Waals surface area contributed by atoms with Crippen LogP contribution in [0, 0.1) is 5.82 Å². The molecule has 0 aliphatic carbocycles. The van der Waals surface area contributed by atoms with Crippen LogP contribution in [0.5, 0.6) is 0 Å². The zero-order valence-electron chi connectivity index (χ0n) is 12.3. The Labute approximate surface area is 115 Å². The molecule has 1 N–H and O–H groups in total. The third-order valence-electron chi connectivity index (χ3n) is 4.04. The van der Waals surface area contributed by atoms with Gasteiger partial charge in [-0.15, -0.1) is 0 Å². The predicted octanol–water partition coefficient (Wildman–Crippen LogP) is 2.25. The Kier molecular flexibility index (Phi) is 4.42. The maximum absolute atomic E-state index is 14.3. The van der Waals surface area contributed by atoms with Crippen molar-refractivity contribution in [1.29, 1.82) is 0 Å². The normalized spacial score (nSPS) is 22.6. The highest BCUT2D eigenvalue weighted by atomic mass is 19.1. The van der Waals surface area contributed by atoms with Crippen LogP contribution in [0.4, 0.5) is 10.1 Å². The molecule has 0 spiro atoms. The molecule has 2 unspecified atom stereocenters. The molecule has 1 aliphatic heterocycles. The van der Waals surface area contributed by atoms with Gasteiger partial charge in [0.05, 0.1) is 5.69 Å². The lowest BCUT2D eigenvalue weighted by atomic mass is 10.1. The number of halogens is 1. The molecule has 19 heavy (non-hydrogen) atoms. The monoisotopic (exact) mass is 265 g/mol. The molecule has 1 saturated heterocycles. The highest BCUT2D eigenvalue weighted by Gasteiger charge is 2.24. The predicted molar refractivity (Wildman–Crippen MR) is 78.2 cm³/mol. The molecule has 1 heterocycles. The van der Waals surface area contributed by atoms with E-state index in [4.69, 9.17) is 0 Å². The summed E-state index contributed by atoms with van der Waals surface area (Å²) in [7, 11) is 4.00. The van der Waals surface area contributed by atoms with Gasteiger partial charge in [0.1, 0.15) is 5.82 Å². The van der Waals surface area contributed by atoms with Gasteiger partial charge in [-0.05, 0) is 45.6 Å². The third kappa shape index (κ3) is 3.07. The molecule has 0 bridgehead atoms. The van der Waals surface area contributed by atoms with Crippen molar-refractivity contribution in [2.75, 3.05) is 38.6 Å². The Bertz CT molecular complexity index is 435. The summed E-state index contributed by atoms with van der Waals surface area (Å²) >= 11 is 0. The SMILES string of the molecule is CNC(C)c1ccc(N2CCN(C)CC2C)c(F)c1. The first kappa shape index (κ1) is 14.3. The number of piperazine rings is 1. The van der Waals surface area contributed by atoms with Crippen molar-refractivity contribution in [3.8, 4) is 0 Å². The summed E-state index contributed by atoms with van der Waals surface area (Å²) < 4.78 is 14.3. The molecule has 4 heteroatoms. The summed E-state index contributed by atoms with van der Waals surface area (Å²) in [5.74, 6) is -0.115. The standard InChI is InChI=1S/C15H24FN3/c1-11-10-18(4)7-8-19(11)15-6-5-13(9-14(15)16)12(2)17-3/h5-6,9,11-12,17H,7-8,10H2,1-4H3. The number of nitrogens with zero attached hydrogens (tertiary/aromatic N) is 2. The summed E-state index contributed by atoms with van der Waals surface area (Å²) in [4.78, 5) is 4.46. The smallest absolute Gasteiger partial charge is 0.146 e. The second kappa shape index (κ2) is 5.88. The van der Waals surface area contributed by atoms with Crippen LogP contribution in [0.1, 0.15) is 25.5 Å². The fourth-order valence-electron chi connectivity index (χ4n) is 2.69. The molecular formula is C15H24FN3. The van der Waals surface area contributed by atoms with E-state index in [1.807, 2.05) is 26.1 Å². The molecule has 1 aromatic rings. The van der Waals surface area contributed by atoms with Gasteiger partial charge in [-0.25, -0.2) is 4.39 Å². The van der Waals surface area contributed by atoms with Crippen LogP contribution < -0.4 is 10.2 Å². The molecule has 1 fully saturated rings. The van der Waals surface area contributed by atoms with E-state index in [2.05, 4.69) is 29.1 Å². The maximum atomic E-state index is 14.3. The molecule has 2 rings (SSSR count). The topological polar surface area (TPSA) is 18.5 Å². The summed E-state index contributed by atoms with van der Waals surface area (Å²) in [6.45, 7) is 7.04. The molecule has 2 atom stereocenters. The largest absolute Gasteiger partial charge is 0.364 e. The summed E-state index contributed by atoms with van der Waals surface area (Å²) in [6, 6.07) is 6.11. The second-order valence-electron chi connectivity index (χ2n) is 5.53. The number of benzene rings is 1. The van der Waals surface area contributed by atoms with Gasteiger partial charge in [0.15, 0.2) is 0 Å². The Morgan fingerprint density at radius 3 is 2.68 bits per heavy atom. The minimum Gasteiger partial charge on any atom is -0.364 e. The Morgan fingerprint density at radius 2 is 2.11 bits per heavy atom. The van der Waals surface area contributed by atoms with Gasteiger partial charge in [-0.2, -0.15) is 0 Å². The van der Waals surface area contributed by atoms with E-state index in [0.29, 0.717) is 6.04 Å². The summed E-state index contributed by atoms with van der Waals surface area (Å²) in [5.41, 5.74) is 1.72. The minimum atomic E-state index is -0.115. The molecule has 106 valence electrons. The van der Waals surface area contributed by atoms with Crippen LogP contribution in [-0.4, -0.2) is 44.7 Å². The number of likely N-dealkylation sites (N-methyl/N-ethyl adjacent to an activating group) is 1. The third-order valence-corrected chi connectivity index (χ3v) is 4.04. The van der Waals surface area contributed by atoms with Crippen molar-refractivity contribution < 1.29 is 4.39 Å². The van der Waals surface area contributed by atoms with Gasteiger partial charge in [0.2, 0.25) is 0 Å². The van der Waals surface area contributed by atoms with Crippen molar-refractivity contribution in [3.63, 3.8) is 0 Å². The quantitative estimate of drug-likeness (QED) is 0.904. The van der Waals surface area contributed by atoms with E-state index in [0.717, 1.165) is 30.9 Å². The highest BCUT2D eigenvalue weighted by molar-refractivity contribution is 5.51. The maximum Gasteiger partial charge on any atom is 0.146 e. The van der Waals surface area contributed by atoms with Gasteiger partial charge in [-0.1, -0.05) is 6.07 Å². The van der Waals surface area contributed by atoms with E-state index >= 15 is 0 Å². The zero-order valence-corrected chi connectivity index (χ0v) is 12.3. The first-order chi connectivity index (χ1) is 9.02. The number of hydrogen-bond donors (Lipinski definition) is 1. The van der Waals surface area contributed by atoms with E-state index < -0.39 is 0 Å². The van der Waals surface area contributed by atoms with Crippen molar-refractivity contribution in [1.82, 2.24) is 10.2 Å². The lowest BCUT2D eigenvalue weighted by Gasteiger charge is -2.40. The number of anilines is 1. The van der Waals surface area contributed by atoms with Crippen LogP contribution >= 0.6 is 0 Å². The number of hydrogen-bond acceptors (Lipinski definition) is 3. The molecule has 1 aliphatic rings. The van der Waals surface area contributed by atoms with E-state index in [9.17, 15) is 4.39 Å². The first-order valence-corrected chi connectivity index (χ1v) is 6.95. The molecule has 0 saturated carbocycles. The van der Waals surface area contributed by atoms with Gasteiger partial charge >= 0.3 is 0 Å². The highest BCUT2D eigenvalue weighted by Crippen LogP contribution is 2.26. The van der Waals surface area contributed by atoms with Gasteiger partial charge in [0, 0.05) is 31.7 Å². The Morgan fingerprint density at radius 1 is 1.37 bits per heavy atom. The van der Waals surface area contributed by atoms with E-state index in [1.54, 1.807) is 6.07 Å². The zero-order chi connectivity index (χ0) is 14.0. The average molecular weight is 265 g/mol. The lowest BCUT2D eigenvalue weighted by molar-refractivity contribution is 0.274. The van der Waals surface area contributed by atoms with E-state index in [-0.39, 0.29) is 11.9 Å². The first-order valence-electron chi connectivity index (χ1n) is 6.95. The van der Waals surface area contributed by atoms with Gasteiger partial charge in [-0.3, -0.25) is 0 Å². The van der Waals surface area contributed by atoms with Crippen LogP contribution in [0.3, 0.4) is 0 Å². The fraction of sp³-hybridized carbons (Fsp3) is 0.600. The van der Waals surface area contributed by atoms with Crippen molar-refractivity contribution in [2.45, 2.75) is 25.9 Å². The van der Waals surface area contributed by atoms with Crippen molar-refractivity contribution in [2.24, 2.45) is 0 Å². The summed E-state index contributed by atoms with van der Waals surface area (Å²) in [5, 5.41) is 3.14. The van der Waals surface area contributed by atoms with Gasteiger partial charge in [0.25, 0.3) is 0 Å². The number of rotatable bonds is 3. The molecule has 0 aromatic heterocycles. The van der Waals surface area contributed by atoms with Crippen LogP contribution in [0.25, 0.3) is 0 Å².